The fourth-order valence-electron chi connectivity index (χ4n) is 14.3. The minimum Gasteiger partial charge on any atom is -0.481 e. The largest absolute Gasteiger partial charge is 0.534 e. The van der Waals surface area contributed by atoms with Gasteiger partial charge in [-0.1, -0.05) is 60.6 Å². The summed E-state index contributed by atoms with van der Waals surface area (Å²) >= 11 is 0. The molecule has 0 aromatic heterocycles. The molecule has 0 radical (unpaired) electrons. The second-order valence-corrected chi connectivity index (χ2v) is 25.5. The summed E-state index contributed by atoms with van der Waals surface area (Å²) in [6.07, 6.45) is 14.0. The molecule has 1 heterocycles. The number of rotatable bonds is 12. The first-order valence-electron chi connectivity index (χ1n) is 22.6. The van der Waals surface area contributed by atoms with Crippen molar-refractivity contribution in [3.05, 3.63) is 46.3 Å². The van der Waals surface area contributed by atoms with Gasteiger partial charge < -0.3 is 19.5 Å². The highest BCUT2D eigenvalue weighted by Gasteiger charge is 2.69. The summed E-state index contributed by atoms with van der Waals surface area (Å²) in [5.41, 5.74) is -4.17. The normalized spacial score (nSPS) is 39.2. The molecule has 8 atom stereocenters. The Kier molecular flexibility index (Phi) is 12.3. The van der Waals surface area contributed by atoms with Gasteiger partial charge >= 0.3 is 21.6 Å². The Balaban J connectivity index is 1.18. The molecule has 7 rings (SSSR count). The molecular weight excluding hydrogens is 833 g/mol. The van der Waals surface area contributed by atoms with Crippen LogP contribution in [0.3, 0.4) is 0 Å². The zero-order valence-electron chi connectivity index (χ0n) is 37.2. The first-order valence-corrected chi connectivity index (χ1v) is 25.9. The van der Waals surface area contributed by atoms with Crippen molar-refractivity contribution < 1.29 is 49.2 Å². The topological polar surface area (TPSA) is 136 Å². The number of allylic oxidation sites excluding steroid dienone is 5. The standard InChI is InChI=1S/C46H70F4N2O7S2/c1-30(2)37-34(59-61(57,58)46(48,49)50)27-45(29-51-21-8-22-52-23-25-60(55,56)26-24-52)20-19-42(6)33(38(37)45)9-10-36-41(5)15-13-32(40(3,4)35(41)14-16-43(36,42)7)31-11-17-44(28-47,18-12-31)39(53)54/h11,13,27,30,33,35-36,51,55-56H,8-10,12,14-26,28-29H2,1-7H3,(H,53,54)/t33-,35+,36-,41+,42-,43-,44?,45+/m1/s1. The molecule has 7 aliphatic rings. The monoisotopic (exact) mass is 902 g/mol. The molecular formula is C46H70F4N2O7S2. The Morgan fingerprint density at radius 2 is 1.66 bits per heavy atom. The van der Waals surface area contributed by atoms with E-state index < -0.39 is 49.7 Å². The second kappa shape index (κ2) is 15.9. The van der Waals surface area contributed by atoms with Gasteiger partial charge in [0.05, 0.1) is 16.9 Å². The Labute approximate surface area is 362 Å². The molecule has 3 saturated carbocycles. The van der Waals surface area contributed by atoms with Crippen molar-refractivity contribution in [1.29, 1.82) is 0 Å². The lowest BCUT2D eigenvalue weighted by molar-refractivity contribution is -0.197. The molecule has 346 valence electrons. The van der Waals surface area contributed by atoms with Gasteiger partial charge in [-0.2, -0.15) is 32.2 Å². The number of carboxylic acids is 1. The molecule has 15 heteroatoms. The van der Waals surface area contributed by atoms with Crippen molar-refractivity contribution in [1.82, 2.24) is 10.2 Å². The predicted molar refractivity (Wildman–Crippen MR) is 232 cm³/mol. The van der Waals surface area contributed by atoms with Crippen LogP contribution in [-0.2, 0) is 19.1 Å². The van der Waals surface area contributed by atoms with Crippen LogP contribution < -0.4 is 5.32 Å². The van der Waals surface area contributed by atoms with E-state index in [1.807, 2.05) is 19.9 Å². The zero-order valence-corrected chi connectivity index (χ0v) is 38.9. The second-order valence-electron chi connectivity index (χ2n) is 21.5. The molecule has 9 nitrogen and oxygen atoms in total. The van der Waals surface area contributed by atoms with Crippen LogP contribution in [-0.4, -0.2) is 89.9 Å². The summed E-state index contributed by atoms with van der Waals surface area (Å²) in [7, 11) is -8.41. The van der Waals surface area contributed by atoms with Gasteiger partial charge in [-0.05, 0) is 157 Å². The van der Waals surface area contributed by atoms with E-state index in [1.54, 1.807) is 6.08 Å². The number of nitrogens with one attached hydrogen (secondary N) is 1. The molecule has 1 saturated heterocycles. The maximum atomic E-state index is 14.0. The van der Waals surface area contributed by atoms with E-state index in [4.69, 9.17) is 4.18 Å². The predicted octanol–water partition coefficient (Wildman–Crippen LogP) is 10.5. The summed E-state index contributed by atoms with van der Waals surface area (Å²) < 4.78 is 106. The minimum atomic E-state index is -5.91. The lowest BCUT2D eigenvalue weighted by Crippen LogP contribution is -2.64. The van der Waals surface area contributed by atoms with Crippen LogP contribution in [0.25, 0.3) is 0 Å². The van der Waals surface area contributed by atoms with Crippen molar-refractivity contribution in [3.63, 3.8) is 0 Å². The van der Waals surface area contributed by atoms with Crippen LogP contribution in [0.15, 0.2) is 46.3 Å². The van der Waals surface area contributed by atoms with Gasteiger partial charge in [0.15, 0.2) is 0 Å². The Morgan fingerprint density at radius 1 is 0.967 bits per heavy atom. The fourth-order valence-corrected chi connectivity index (χ4v) is 16.1. The van der Waals surface area contributed by atoms with Gasteiger partial charge in [-0.15, -0.1) is 0 Å². The third kappa shape index (κ3) is 7.70. The molecule has 4 N–H and O–H groups in total. The van der Waals surface area contributed by atoms with E-state index in [1.165, 1.54) is 5.57 Å². The number of hydrogen-bond donors (Lipinski definition) is 4. The van der Waals surface area contributed by atoms with Crippen molar-refractivity contribution in [2.24, 2.45) is 56.2 Å². The van der Waals surface area contributed by atoms with Crippen LogP contribution in [0.1, 0.15) is 119 Å². The maximum Gasteiger partial charge on any atom is 0.534 e. The van der Waals surface area contributed by atoms with Crippen molar-refractivity contribution in [3.8, 4) is 0 Å². The fraction of sp³-hybridized carbons (Fsp3) is 0.804. The highest BCUT2D eigenvalue weighted by molar-refractivity contribution is 8.24. The third-order valence-electron chi connectivity index (χ3n) is 17.8. The van der Waals surface area contributed by atoms with Gasteiger partial charge in [0.25, 0.3) is 0 Å². The summed E-state index contributed by atoms with van der Waals surface area (Å²) in [4.78, 5) is 14.3. The number of alkyl halides is 4. The van der Waals surface area contributed by atoms with Crippen LogP contribution in [0.5, 0.6) is 0 Å². The minimum absolute atomic E-state index is 0.000903. The SMILES string of the molecule is CC(C)C1=C2[C@H]3CC[C@@H]4[C@@]5(C)CC=C(C6=CCC(CF)(C(=O)O)CC6)C(C)(C)[C@@H]5CC[C@@]4(C)[C@]3(C)CC[C@@]2(CNCCCN2CCS(O)(O)CC2)C=C1OS(=O)(=O)C(F)(F)F. The molecule has 6 aliphatic carbocycles. The lowest BCUT2D eigenvalue weighted by Gasteiger charge is -2.71. The van der Waals surface area contributed by atoms with Crippen LogP contribution in [0, 0.1) is 56.2 Å². The van der Waals surface area contributed by atoms with Crippen molar-refractivity contribution in [2.45, 2.75) is 125 Å². The number of carbonyl (C=O) groups is 1. The van der Waals surface area contributed by atoms with Gasteiger partial charge in [-0.25, -0.2) is 4.39 Å². The summed E-state index contributed by atoms with van der Waals surface area (Å²) in [6.45, 7) is 18.0. The molecule has 0 spiro atoms. The number of aliphatic carboxylic acids is 1. The molecule has 61 heavy (non-hydrogen) atoms. The number of fused-ring (bicyclic) bond motifs is 7. The molecule has 4 fully saturated rings. The quantitative estimate of drug-likeness (QED) is 0.0653. The van der Waals surface area contributed by atoms with Gasteiger partial charge in [0.1, 0.15) is 12.4 Å². The Hall–Kier alpha value is -1.91. The van der Waals surface area contributed by atoms with Crippen molar-refractivity contribution >= 4 is 26.7 Å². The van der Waals surface area contributed by atoms with E-state index in [0.29, 0.717) is 67.9 Å². The van der Waals surface area contributed by atoms with Crippen LogP contribution >= 0.6 is 10.6 Å². The molecule has 1 unspecified atom stereocenters. The van der Waals surface area contributed by atoms with Crippen LogP contribution in [0.4, 0.5) is 17.6 Å². The summed E-state index contributed by atoms with van der Waals surface area (Å²) in [6, 6.07) is 0. The van der Waals surface area contributed by atoms with E-state index in [9.17, 15) is 45.0 Å². The highest BCUT2D eigenvalue weighted by atomic mass is 32.3. The molecule has 0 bridgehead atoms. The summed E-state index contributed by atoms with van der Waals surface area (Å²) in [5.74, 6) is -0.0947. The average Bonchev–Trinajstić information content (AvgIpc) is 3.48. The number of halogens is 4. The van der Waals surface area contributed by atoms with Gasteiger partial charge in [0.2, 0.25) is 0 Å². The number of carboxylic acid groups (broad SMARTS) is 1. The van der Waals surface area contributed by atoms with Crippen molar-refractivity contribution in [2.75, 3.05) is 50.9 Å². The van der Waals surface area contributed by atoms with E-state index >= 15 is 0 Å². The first kappa shape index (κ1) is 47.1. The summed E-state index contributed by atoms with van der Waals surface area (Å²) in [5, 5.41) is 13.5. The van der Waals surface area contributed by atoms with Gasteiger partial charge in [-0.3, -0.25) is 13.9 Å². The van der Waals surface area contributed by atoms with E-state index in [0.717, 1.165) is 62.6 Å². The molecule has 0 aromatic carbocycles. The molecule has 0 amide bonds. The molecule has 1 aliphatic heterocycles. The Morgan fingerprint density at radius 3 is 2.25 bits per heavy atom. The lowest BCUT2D eigenvalue weighted by atomic mass is 9.33. The third-order valence-corrected chi connectivity index (χ3v) is 20.5. The molecule has 0 aromatic rings. The van der Waals surface area contributed by atoms with E-state index in [-0.39, 0.29) is 52.1 Å². The highest BCUT2D eigenvalue weighted by Crippen LogP contribution is 2.77. The maximum absolute atomic E-state index is 14.0. The number of hydrogen-bond acceptors (Lipinski definition) is 8. The first-order chi connectivity index (χ1) is 28.2. The average molecular weight is 903 g/mol. The smallest absolute Gasteiger partial charge is 0.481 e. The van der Waals surface area contributed by atoms with E-state index in [2.05, 4.69) is 50.9 Å². The Bertz CT molecular complexity index is 1990. The number of nitrogens with zero attached hydrogens (tertiary/aromatic N) is 1. The van der Waals surface area contributed by atoms with Crippen LogP contribution in [0.2, 0.25) is 0 Å². The van der Waals surface area contributed by atoms with Gasteiger partial charge in [0, 0.05) is 25.0 Å². The zero-order chi connectivity index (χ0) is 44.8.